The van der Waals surface area contributed by atoms with E-state index in [0.29, 0.717) is 38.7 Å². The first-order valence-corrected chi connectivity index (χ1v) is 13.2. The second-order valence-corrected chi connectivity index (χ2v) is 10.8. The van der Waals surface area contributed by atoms with Crippen LogP contribution in [0.1, 0.15) is 36.5 Å². The fraction of sp³-hybridized carbons (Fsp3) is 0.333. The summed E-state index contributed by atoms with van der Waals surface area (Å²) < 4.78 is 2.10. The van der Waals surface area contributed by atoms with Crippen molar-refractivity contribution in [1.29, 1.82) is 0 Å². The van der Waals surface area contributed by atoms with E-state index in [9.17, 15) is 9.59 Å². The van der Waals surface area contributed by atoms with Gasteiger partial charge in [-0.2, -0.15) is 0 Å². The Balaban J connectivity index is 1.51. The van der Waals surface area contributed by atoms with Crippen LogP contribution < -0.4 is 10.5 Å². The van der Waals surface area contributed by atoms with Crippen molar-refractivity contribution >= 4 is 51.7 Å². The molecule has 2 saturated heterocycles. The first-order valence-electron chi connectivity index (χ1n) is 12.0. The second kappa shape index (κ2) is 9.95. The molecule has 0 radical (unpaired) electrons. The molecule has 4 heterocycles. The van der Waals surface area contributed by atoms with Gasteiger partial charge in [0.25, 0.3) is 11.5 Å². The van der Waals surface area contributed by atoms with E-state index in [0.717, 1.165) is 37.9 Å². The number of carbonyl (C=O) groups is 1. The predicted octanol–water partition coefficient (Wildman–Crippen LogP) is 4.68. The lowest BCUT2D eigenvalue weighted by molar-refractivity contribution is -0.121. The third-order valence-corrected chi connectivity index (χ3v) is 8.19. The third kappa shape index (κ3) is 4.65. The molecule has 0 saturated carbocycles. The summed E-state index contributed by atoms with van der Waals surface area (Å²) in [5.74, 6) is 1.11. The van der Waals surface area contributed by atoms with Crippen molar-refractivity contribution in [3.05, 3.63) is 80.6 Å². The van der Waals surface area contributed by atoms with Crippen molar-refractivity contribution in [1.82, 2.24) is 14.3 Å². The van der Waals surface area contributed by atoms with Gasteiger partial charge >= 0.3 is 0 Å². The number of nitrogens with zero attached hydrogens (tertiary/aromatic N) is 4. The van der Waals surface area contributed by atoms with E-state index in [1.165, 1.54) is 17.3 Å². The monoisotopic (exact) mass is 504 g/mol. The van der Waals surface area contributed by atoms with Gasteiger partial charge in [-0.15, -0.1) is 0 Å². The zero-order chi connectivity index (χ0) is 24.5. The lowest BCUT2D eigenvalue weighted by Gasteiger charge is -2.33. The molecule has 35 heavy (non-hydrogen) atoms. The van der Waals surface area contributed by atoms with E-state index in [4.69, 9.17) is 17.2 Å². The van der Waals surface area contributed by atoms with Gasteiger partial charge in [0.05, 0.1) is 10.5 Å². The number of likely N-dealkylation sites (N-methyl/N-ethyl adjacent to an activating group) is 1. The van der Waals surface area contributed by atoms with E-state index in [-0.39, 0.29) is 11.5 Å². The fourth-order valence-electron chi connectivity index (χ4n) is 4.87. The molecule has 1 aromatic carbocycles. The van der Waals surface area contributed by atoms with Gasteiger partial charge in [-0.1, -0.05) is 60.4 Å². The molecule has 0 bridgehead atoms. The Hall–Kier alpha value is -2.97. The number of pyridine rings is 1. The van der Waals surface area contributed by atoms with Crippen molar-refractivity contribution in [2.24, 2.45) is 5.92 Å². The number of fused-ring (bicyclic) bond motifs is 1. The number of thioether (sulfide) groups is 1. The number of amides is 1. The minimum atomic E-state index is -0.165. The minimum absolute atomic E-state index is 0.149. The smallest absolute Gasteiger partial charge is 0.267 e. The number of rotatable bonds is 5. The molecule has 3 aromatic rings. The standard InChI is InChI=1S/C27H28N4O2S2/c1-3-30-26(33)22(35-27(30)34)17-21-24(28-23-18(2)8-7-13-31(23)25(21)32)29-14-11-20(12-15-29)16-19-9-5-4-6-10-19/h4-10,13,17,20H,3,11-12,14-16H2,1-2H3. The van der Waals surface area contributed by atoms with E-state index < -0.39 is 0 Å². The number of hydrogen-bond acceptors (Lipinski definition) is 6. The Bertz CT molecular complexity index is 1380. The topological polar surface area (TPSA) is 57.9 Å². The number of aromatic nitrogens is 2. The number of aryl methyl sites for hydroxylation is 1. The number of piperidine rings is 1. The van der Waals surface area contributed by atoms with Gasteiger partial charge in [0, 0.05) is 25.8 Å². The molecule has 2 aromatic heterocycles. The fourth-order valence-corrected chi connectivity index (χ4v) is 6.23. The summed E-state index contributed by atoms with van der Waals surface area (Å²) in [5, 5.41) is 0. The highest BCUT2D eigenvalue weighted by Crippen LogP contribution is 2.34. The summed E-state index contributed by atoms with van der Waals surface area (Å²) in [6.45, 7) is 6.01. The number of carbonyl (C=O) groups excluding carboxylic acids is 1. The molecular formula is C27H28N4O2S2. The molecule has 0 spiro atoms. The van der Waals surface area contributed by atoms with Crippen molar-refractivity contribution in [3.8, 4) is 0 Å². The molecule has 0 atom stereocenters. The van der Waals surface area contributed by atoms with Crippen molar-refractivity contribution in [3.63, 3.8) is 0 Å². The largest absolute Gasteiger partial charge is 0.356 e. The molecule has 6 nitrogen and oxygen atoms in total. The average molecular weight is 505 g/mol. The van der Waals surface area contributed by atoms with Crippen molar-refractivity contribution in [2.45, 2.75) is 33.1 Å². The van der Waals surface area contributed by atoms with Crippen molar-refractivity contribution in [2.75, 3.05) is 24.5 Å². The highest BCUT2D eigenvalue weighted by atomic mass is 32.2. The first kappa shape index (κ1) is 23.8. The van der Waals surface area contributed by atoms with Gasteiger partial charge in [0.2, 0.25) is 0 Å². The number of hydrogen-bond donors (Lipinski definition) is 0. The van der Waals surface area contributed by atoms with Crippen LogP contribution in [0, 0.1) is 12.8 Å². The summed E-state index contributed by atoms with van der Waals surface area (Å²) in [7, 11) is 0. The van der Waals surface area contributed by atoms with Crippen LogP contribution in [0.2, 0.25) is 0 Å². The molecular weight excluding hydrogens is 476 g/mol. The molecule has 180 valence electrons. The number of thiocarbonyl (C=S) groups is 1. The van der Waals surface area contributed by atoms with Gasteiger partial charge in [0.15, 0.2) is 0 Å². The lowest BCUT2D eigenvalue weighted by atomic mass is 9.90. The molecule has 0 unspecified atom stereocenters. The Kier molecular flexibility index (Phi) is 6.75. The van der Waals surface area contributed by atoms with E-state index >= 15 is 0 Å². The molecule has 1 amide bonds. The van der Waals surface area contributed by atoms with Crippen LogP contribution in [0.4, 0.5) is 5.82 Å². The summed E-state index contributed by atoms with van der Waals surface area (Å²) in [6, 6.07) is 14.4. The van der Waals surface area contributed by atoms with Crippen LogP contribution in [0.25, 0.3) is 11.7 Å². The van der Waals surface area contributed by atoms with Crippen LogP contribution >= 0.6 is 24.0 Å². The van der Waals surface area contributed by atoms with Gasteiger partial charge < -0.3 is 4.90 Å². The molecule has 2 fully saturated rings. The predicted molar refractivity (Wildman–Crippen MR) is 147 cm³/mol. The first-order chi connectivity index (χ1) is 17.0. The van der Waals surface area contributed by atoms with E-state index in [2.05, 4.69) is 29.2 Å². The van der Waals surface area contributed by atoms with Crippen LogP contribution in [-0.2, 0) is 11.2 Å². The molecule has 8 heteroatoms. The van der Waals surface area contributed by atoms with Crippen LogP contribution in [0.3, 0.4) is 0 Å². The Morgan fingerprint density at radius 3 is 2.54 bits per heavy atom. The van der Waals surface area contributed by atoms with E-state index in [1.807, 2.05) is 32.0 Å². The quantitative estimate of drug-likeness (QED) is 0.371. The number of benzene rings is 1. The average Bonchev–Trinajstić information content (AvgIpc) is 3.14. The molecule has 2 aliphatic rings. The van der Waals surface area contributed by atoms with Gasteiger partial charge in [-0.05, 0) is 62.3 Å². The maximum absolute atomic E-state index is 13.7. The maximum atomic E-state index is 13.7. The van der Waals surface area contributed by atoms with Crippen LogP contribution in [-0.4, -0.2) is 44.1 Å². The molecule has 2 aliphatic heterocycles. The summed E-state index contributed by atoms with van der Waals surface area (Å²) in [6.07, 6.45) is 6.56. The van der Waals surface area contributed by atoms with Crippen molar-refractivity contribution < 1.29 is 4.79 Å². The zero-order valence-corrected chi connectivity index (χ0v) is 21.6. The minimum Gasteiger partial charge on any atom is -0.356 e. The zero-order valence-electron chi connectivity index (χ0n) is 19.9. The Morgan fingerprint density at radius 2 is 1.86 bits per heavy atom. The number of anilines is 1. The third-order valence-electron chi connectivity index (χ3n) is 6.81. The normalized spacial score (nSPS) is 18.3. The Morgan fingerprint density at radius 1 is 1.11 bits per heavy atom. The van der Waals surface area contributed by atoms with Crippen LogP contribution in [0.5, 0.6) is 0 Å². The van der Waals surface area contributed by atoms with Gasteiger partial charge in [-0.3, -0.25) is 18.9 Å². The summed E-state index contributed by atoms with van der Waals surface area (Å²) in [4.78, 5) is 35.8. The second-order valence-electron chi connectivity index (χ2n) is 9.09. The maximum Gasteiger partial charge on any atom is 0.267 e. The lowest BCUT2D eigenvalue weighted by Crippen LogP contribution is -2.37. The van der Waals surface area contributed by atoms with E-state index in [1.54, 1.807) is 21.6 Å². The summed E-state index contributed by atoms with van der Waals surface area (Å²) in [5.41, 5.74) is 3.24. The highest BCUT2D eigenvalue weighted by Gasteiger charge is 2.32. The van der Waals surface area contributed by atoms with Gasteiger partial charge in [0.1, 0.15) is 15.8 Å². The molecule has 0 N–H and O–H groups in total. The summed E-state index contributed by atoms with van der Waals surface area (Å²) >= 11 is 6.63. The SMILES string of the molecule is CCN1C(=O)C(=Cc2c(N3CCC(Cc4ccccc4)CC3)nc3c(C)cccn3c2=O)SC1=S. The highest BCUT2D eigenvalue weighted by molar-refractivity contribution is 8.26. The van der Waals surface area contributed by atoms with Gasteiger partial charge in [-0.25, -0.2) is 4.98 Å². The van der Waals surface area contributed by atoms with Crippen LogP contribution in [0.15, 0.2) is 58.4 Å². The Labute approximate surface area is 214 Å². The molecule has 0 aliphatic carbocycles. The molecule has 5 rings (SSSR count).